The minimum Gasteiger partial charge on any atom is -0.496 e. The molecular formula is C10H12F2N2O3. The maximum Gasteiger partial charge on any atom is 0.310 e. The molecule has 0 aliphatic rings. The number of nitrogens with zero attached hydrogens (tertiary/aromatic N) is 1. The number of rotatable bonds is 4. The number of carbonyl (C=O) groups is 1. The second-order valence-electron chi connectivity index (χ2n) is 3.16. The lowest BCUT2D eigenvalue weighted by molar-refractivity contribution is -0.139. The summed E-state index contributed by atoms with van der Waals surface area (Å²) in [6, 6.07) is 0. The smallest absolute Gasteiger partial charge is 0.310 e. The van der Waals surface area contributed by atoms with Crippen molar-refractivity contribution in [3.8, 4) is 5.75 Å². The number of methoxy groups -OCH3 is 2. The highest BCUT2D eigenvalue weighted by Gasteiger charge is 2.22. The summed E-state index contributed by atoms with van der Waals surface area (Å²) < 4.78 is 34.6. The molecule has 0 radical (unpaired) electrons. The highest BCUT2D eigenvalue weighted by Crippen LogP contribution is 2.34. The van der Waals surface area contributed by atoms with Crippen molar-refractivity contribution in [2.24, 2.45) is 0 Å². The molecule has 7 heteroatoms. The first-order valence-electron chi connectivity index (χ1n) is 4.67. The fourth-order valence-corrected chi connectivity index (χ4v) is 1.35. The van der Waals surface area contributed by atoms with Crippen molar-refractivity contribution in [2.45, 2.75) is 12.8 Å². The van der Waals surface area contributed by atoms with Crippen molar-refractivity contribution in [2.75, 3.05) is 20.0 Å². The molecule has 0 unspecified atom stereocenters. The molecule has 2 N–H and O–H groups in total. The first-order valence-corrected chi connectivity index (χ1v) is 4.67. The number of alkyl halides is 2. The molecule has 5 nitrogen and oxygen atoms in total. The lowest BCUT2D eigenvalue weighted by Crippen LogP contribution is -2.11. The van der Waals surface area contributed by atoms with E-state index in [0.29, 0.717) is 0 Å². The van der Waals surface area contributed by atoms with Crippen LogP contribution >= 0.6 is 0 Å². The quantitative estimate of drug-likeness (QED) is 0.811. The van der Waals surface area contributed by atoms with Gasteiger partial charge in [-0.05, 0) is 0 Å². The predicted octanol–water partition coefficient (Wildman–Crippen LogP) is 1.33. The monoisotopic (exact) mass is 246 g/mol. The van der Waals surface area contributed by atoms with Gasteiger partial charge in [0.1, 0.15) is 11.6 Å². The number of halogens is 2. The molecule has 0 fully saturated rings. The molecule has 17 heavy (non-hydrogen) atoms. The van der Waals surface area contributed by atoms with Gasteiger partial charge in [0.25, 0.3) is 6.43 Å². The number of aromatic nitrogens is 1. The van der Waals surface area contributed by atoms with E-state index in [1.54, 1.807) is 0 Å². The van der Waals surface area contributed by atoms with Gasteiger partial charge in [-0.15, -0.1) is 0 Å². The van der Waals surface area contributed by atoms with Crippen molar-refractivity contribution < 1.29 is 23.0 Å². The zero-order chi connectivity index (χ0) is 13.0. The van der Waals surface area contributed by atoms with E-state index < -0.39 is 18.0 Å². The summed E-state index contributed by atoms with van der Waals surface area (Å²) >= 11 is 0. The molecule has 0 saturated carbocycles. The van der Waals surface area contributed by atoms with Crippen LogP contribution in [0, 0.1) is 0 Å². The average molecular weight is 246 g/mol. The first-order chi connectivity index (χ1) is 8.01. The molecule has 0 atom stereocenters. The largest absolute Gasteiger partial charge is 0.496 e. The standard InChI is InChI=1S/C10H12F2N2O3/c1-16-7(15)3-5-8(17-2)6(9(11)12)4-14-10(5)13/h4,9H,3H2,1-2H3,(H2,13,14). The maximum absolute atomic E-state index is 12.7. The zero-order valence-electron chi connectivity index (χ0n) is 9.37. The minimum atomic E-state index is -2.76. The Bertz CT molecular complexity index is 424. The molecule has 0 aromatic carbocycles. The fraction of sp³-hybridized carbons (Fsp3) is 0.400. The maximum atomic E-state index is 12.7. The summed E-state index contributed by atoms with van der Waals surface area (Å²) in [7, 11) is 2.41. The van der Waals surface area contributed by atoms with Gasteiger partial charge in [-0.1, -0.05) is 0 Å². The molecule has 0 amide bonds. The molecule has 0 aliphatic heterocycles. The molecule has 1 aromatic rings. The van der Waals surface area contributed by atoms with Crippen LogP contribution in [-0.2, 0) is 16.0 Å². The van der Waals surface area contributed by atoms with E-state index in [-0.39, 0.29) is 23.6 Å². The number of carbonyl (C=O) groups excluding carboxylic acids is 1. The van der Waals surface area contributed by atoms with Crippen molar-refractivity contribution in [3.05, 3.63) is 17.3 Å². The Morgan fingerprint density at radius 3 is 2.65 bits per heavy atom. The summed E-state index contributed by atoms with van der Waals surface area (Å²) in [5.74, 6) is -0.766. The molecule has 0 spiro atoms. The number of hydrogen-bond acceptors (Lipinski definition) is 5. The van der Waals surface area contributed by atoms with Gasteiger partial charge in [0.05, 0.1) is 26.2 Å². The summed E-state index contributed by atoms with van der Waals surface area (Å²) in [4.78, 5) is 14.7. The Hall–Kier alpha value is -1.92. The van der Waals surface area contributed by atoms with Crippen LogP contribution in [0.2, 0.25) is 0 Å². The molecule has 94 valence electrons. The predicted molar refractivity (Wildman–Crippen MR) is 55.9 cm³/mol. The Kier molecular flexibility index (Phi) is 4.19. The average Bonchev–Trinajstić information content (AvgIpc) is 2.30. The van der Waals surface area contributed by atoms with Gasteiger partial charge in [0.2, 0.25) is 0 Å². The van der Waals surface area contributed by atoms with Crippen LogP contribution in [0.3, 0.4) is 0 Å². The number of nitrogen functional groups attached to an aromatic ring is 1. The van der Waals surface area contributed by atoms with Crippen LogP contribution in [0.1, 0.15) is 17.6 Å². The van der Waals surface area contributed by atoms with E-state index in [1.807, 2.05) is 0 Å². The summed E-state index contributed by atoms with van der Waals surface area (Å²) in [5, 5.41) is 0. The zero-order valence-corrected chi connectivity index (χ0v) is 9.37. The summed E-state index contributed by atoms with van der Waals surface area (Å²) in [6.07, 6.45) is -2.09. The van der Waals surface area contributed by atoms with Crippen LogP contribution in [0.4, 0.5) is 14.6 Å². The molecular weight excluding hydrogens is 234 g/mol. The number of nitrogens with two attached hydrogens (primary N) is 1. The van der Waals surface area contributed by atoms with Gasteiger partial charge >= 0.3 is 5.97 Å². The SMILES string of the molecule is COC(=O)Cc1c(N)ncc(C(F)F)c1OC. The highest BCUT2D eigenvalue weighted by molar-refractivity contribution is 5.76. The van der Waals surface area contributed by atoms with Gasteiger partial charge in [0, 0.05) is 11.8 Å². The summed E-state index contributed by atoms with van der Waals surface area (Å²) in [5.41, 5.74) is 5.23. The molecule has 1 aromatic heterocycles. The van der Waals surface area contributed by atoms with E-state index in [2.05, 4.69) is 9.72 Å². The van der Waals surface area contributed by atoms with Crippen LogP contribution in [0.15, 0.2) is 6.20 Å². The van der Waals surface area contributed by atoms with Crippen LogP contribution in [0.5, 0.6) is 5.75 Å². The Morgan fingerprint density at radius 1 is 1.53 bits per heavy atom. The molecule has 1 rings (SSSR count). The molecule has 0 saturated heterocycles. The van der Waals surface area contributed by atoms with Gasteiger partial charge < -0.3 is 15.2 Å². The number of pyridine rings is 1. The fourth-order valence-electron chi connectivity index (χ4n) is 1.35. The van der Waals surface area contributed by atoms with Gasteiger partial charge in [-0.2, -0.15) is 0 Å². The van der Waals surface area contributed by atoms with Crippen molar-refractivity contribution in [3.63, 3.8) is 0 Å². The third kappa shape index (κ3) is 2.80. The van der Waals surface area contributed by atoms with Crippen molar-refractivity contribution >= 4 is 11.8 Å². The van der Waals surface area contributed by atoms with E-state index in [0.717, 1.165) is 6.20 Å². The third-order valence-electron chi connectivity index (χ3n) is 2.18. The van der Waals surface area contributed by atoms with E-state index in [4.69, 9.17) is 10.5 Å². The topological polar surface area (TPSA) is 74.4 Å². The van der Waals surface area contributed by atoms with Gasteiger partial charge in [-0.3, -0.25) is 4.79 Å². The lowest BCUT2D eigenvalue weighted by Gasteiger charge is -2.13. The van der Waals surface area contributed by atoms with Gasteiger partial charge in [0.15, 0.2) is 0 Å². The van der Waals surface area contributed by atoms with Crippen LogP contribution in [0.25, 0.3) is 0 Å². The molecule has 0 aliphatic carbocycles. The Morgan fingerprint density at radius 2 is 2.18 bits per heavy atom. The number of ether oxygens (including phenoxy) is 2. The number of anilines is 1. The normalized spacial score (nSPS) is 10.4. The van der Waals surface area contributed by atoms with Crippen molar-refractivity contribution in [1.29, 1.82) is 0 Å². The van der Waals surface area contributed by atoms with Crippen LogP contribution < -0.4 is 10.5 Å². The Balaban J connectivity index is 3.25. The number of hydrogen-bond donors (Lipinski definition) is 1. The Labute approximate surface area is 96.5 Å². The minimum absolute atomic E-state index is 0.0309. The van der Waals surface area contributed by atoms with Crippen LogP contribution in [-0.4, -0.2) is 25.2 Å². The first kappa shape index (κ1) is 13.1. The van der Waals surface area contributed by atoms with E-state index in [1.165, 1.54) is 14.2 Å². The molecule has 1 heterocycles. The number of esters is 1. The van der Waals surface area contributed by atoms with E-state index >= 15 is 0 Å². The second kappa shape index (κ2) is 5.42. The van der Waals surface area contributed by atoms with Crippen molar-refractivity contribution in [1.82, 2.24) is 4.98 Å². The van der Waals surface area contributed by atoms with E-state index in [9.17, 15) is 13.6 Å². The highest BCUT2D eigenvalue weighted by atomic mass is 19.3. The molecule has 0 bridgehead atoms. The van der Waals surface area contributed by atoms with Gasteiger partial charge in [-0.25, -0.2) is 13.8 Å². The second-order valence-corrected chi connectivity index (χ2v) is 3.16. The third-order valence-corrected chi connectivity index (χ3v) is 2.18. The summed E-state index contributed by atoms with van der Waals surface area (Å²) in [6.45, 7) is 0. The lowest BCUT2D eigenvalue weighted by atomic mass is 10.1.